The van der Waals surface area contributed by atoms with Crippen molar-refractivity contribution in [3.63, 3.8) is 0 Å². The standard InChI is InChI=1S/C22H25N5O3/c1-24-22(25-12-11-16-7-9-19(10-8-16)29-15-20(23)28)26-13-18-14-30-21(27-18)17-5-3-2-4-6-17/h2-10,14H,11-13,15H2,1H3,(H2,23,28)(H2,24,25,26). The molecule has 0 spiro atoms. The van der Waals surface area contributed by atoms with Gasteiger partial charge in [-0.3, -0.25) is 9.79 Å². The molecule has 4 N–H and O–H groups in total. The Hall–Kier alpha value is -3.81. The second kappa shape index (κ2) is 10.7. The summed E-state index contributed by atoms with van der Waals surface area (Å²) < 4.78 is 10.8. The van der Waals surface area contributed by atoms with E-state index in [0.717, 1.165) is 23.2 Å². The number of nitrogens with zero attached hydrogens (tertiary/aromatic N) is 2. The Morgan fingerprint density at radius 2 is 1.90 bits per heavy atom. The Morgan fingerprint density at radius 3 is 2.60 bits per heavy atom. The van der Waals surface area contributed by atoms with E-state index in [9.17, 15) is 4.79 Å². The number of hydrogen-bond acceptors (Lipinski definition) is 5. The number of ether oxygens (including phenoxy) is 1. The van der Waals surface area contributed by atoms with Crippen LogP contribution in [0, 0.1) is 0 Å². The highest BCUT2D eigenvalue weighted by atomic mass is 16.5. The van der Waals surface area contributed by atoms with Gasteiger partial charge in [-0.05, 0) is 36.2 Å². The number of carbonyl (C=O) groups excluding carboxylic acids is 1. The van der Waals surface area contributed by atoms with Gasteiger partial charge in [0.2, 0.25) is 5.89 Å². The van der Waals surface area contributed by atoms with Gasteiger partial charge >= 0.3 is 0 Å². The van der Waals surface area contributed by atoms with E-state index in [1.54, 1.807) is 13.3 Å². The Labute approximate surface area is 175 Å². The van der Waals surface area contributed by atoms with Crippen LogP contribution in [0.4, 0.5) is 0 Å². The van der Waals surface area contributed by atoms with Gasteiger partial charge in [-0.25, -0.2) is 4.98 Å². The van der Waals surface area contributed by atoms with Crippen molar-refractivity contribution in [1.29, 1.82) is 0 Å². The minimum Gasteiger partial charge on any atom is -0.484 e. The number of carbonyl (C=O) groups is 1. The average molecular weight is 407 g/mol. The van der Waals surface area contributed by atoms with Crippen molar-refractivity contribution in [3.05, 3.63) is 72.1 Å². The van der Waals surface area contributed by atoms with Gasteiger partial charge in [0.15, 0.2) is 12.6 Å². The topological polar surface area (TPSA) is 115 Å². The van der Waals surface area contributed by atoms with Crippen molar-refractivity contribution < 1.29 is 13.9 Å². The first-order chi connectivity index (χ1) is 14.6. The molecule has 0 fully saturated rings. The molecule has 1 amide bonds. The molecule has 0 aliphatic heterocycles. The monoisotopic (exact) mass is 407 g/mol. The molecule has 1 heterocycles. The molecule has 0 aliphatic carbocycles. The van der Waals surface area contributed by atoms with Gasteiger partial charge in [0, 0.05) is 19.2 Å². The minimum atomic E-state index is -0.496. The molecule has 3 aromatic rings. The number of aromatic nitrogens is 1. The molecule has 156 valence electrons. The Balaban J connectivity index is 1.42. The predicted octanol–water partition coefficient (Wildman–Crippen LogP) is 2.11. The SMILES string of the molecule is CN=C(NCCc1ccc(OCC(N)=O)cc1)NCc1coc(-c2ccccc2)n1. The highest BCUT2D eigenvalue weighted by Gasteiger charge is 2.07. The number of oxazole rings is 1. The van der Waals surface area contributed by atoms with Crippen LogP contribution < -0.4 is 21.1 Å². The summed E-state index contributed by atoms with van der Waals surface area (Å²) in [5.74, 6) is 1.40. The van der Waals surface area contributed by atoms with E-state index in [1.165, 1.54) is 0 Å². The fourth-order valence-electron chi connectivity index (χ4n) is 2.73. The average Bonchev–Trinajstić information content (AvgIpc) is 3.25. The van der Waals surface area contributed by atoms with Crippen molar-refractivity contribution in [2.75, 3.05) is 20.2 Å². The molecule has 0 aliphatic rings. The number of guanidine groups is 1. The van der Waals surface area contributed by atoms with Gasteiger partial charge in [0.05, 0.1) is 12.2 Å². The number of benzene rings is 2. The maximum absolute atomic E-state index is 10.7. The molecule has 0 unspecified atom stereocenters. The summed E-state index contributed by atoms with van der Waals surface area (Å²) in [5, 5.41) is 6.50. The zero-order chi connectivity index (χ0) is 21.2. The number of hydrogen-bond donors (Lipinski definition) is 3. The molecule has 0 bridgehead atoms. The van der Waals surface area contributed by atoms with Crippen LogP contribution in [0.1, 0.15) is 11.3 Å². The molecule has 0 saturated heterocycles. The lowest BCUT2D eigenvalue weighted by Crippen LogP contribution is -2.37. The van der Waals surface area contributed by atoms with Crippen LogP contribution in [0.2, 0.25) is 0 Å². The quantitative estimate of drug-likeness (QED) is 0.370. The normalized spacial score (nSPS) is 11.2. The van der Waals surface area contributed by atoms with Crippen LogP contribution in [0.25, 0.3) is 11.5 Å². The van der Waals surface area contributed by atoms with Crippen LogP contribution in [-0.2, 0) is 17.8 Å². The zero-order valence-electron chi connectivity index (χ0n) is 16.8. The number of nitrogens with two attached hydrogens (primary N) is 1. The van der Waals surface area contributed by atoms with Crippen molar-refractivity contribution in [2.45, 2.75) is 13.0 Å². The van der Waals surface area contributed by atoms with Crippen LogP contribution >= 0.6 is 0 Å². The van der Waals surface area contributed by atoms with E-state index >= 15 is 0 Å². The molecule has 3 rings (SSSR count). The Bertz CT molecular complexity index is 968. The van der Waals surface area contributed by atoms with Crippen LogP contribution in [0.15, 0.2) is 70.3 Å². The second-order valence-corrected chi connectivity index (χ2v) is 6.51. The summed E-state index contributed by atoms with van der Waals surface area (Å²) in [4.78, 5) is 19.5. The summed E-state index contributed by atoms with van der Waals surface area (Å²) >= 11 is 0. The molecule has 0 atom stereocenters. The van der Waals surface area contributed by atoms with Gasteiger partial charge in [-0.15, -0.1) is 0 Å². The third kappa shape index (κ3) is 6.37. The first-order valence-corrected chi connectivity index (χ1v) is 9.58. The van der Waals surface area contributed by atoms with E-state index in [4.69, 9.17) is 14.9 Å². The number of aliphatic imine (C=N–C) groups is 1. The maximum atomic E-state index is 10.7. The third-order valence-electron chi connectivity index (χ3n) is 4.24. The molecule has 0 saturated carbocycles. The lowest BCUT2D eigenvalue weighted by atomic mass is 10.1. The van der Waals surface area contributed by atoms with Crippen molar-refractivity contribution in [3.8, 4) is 17.2 Å². The minimum absolute atomic E-state index is 0.124. The van der Waals surface area contributed by atoms with Crippen molar-refractivity contribution in [2.24, 2.45) is 10.7 Å². The van der Waals surface area contributed by atoms with Crippen molar-refractivity contribution in [1.82, 2.24) is 15.6 Å². The molecule has 8 nitrogen and oxygen atoms in total. The summed E-state index contributed by atoms with van der Waals surface area (Å²) in [6.45, 7) is 1.08. The van der Waals surface area contributed by atoms with Gasteiger partial charge in [0.1, 0.15) is 12.0 Å². The zero-order valence-corrected chi connectivity index (χ0v) is 16.8. The summed E-state index contributed by atoms with van der Waals surface area (Å²) in [6, 6.07) is 17.3. The molecule has 30 heavy (non-hydrogen) atoms. The van der Waals surface area contributed by atoms with E-state index in [0.29, 0.717) is 30.7 Å². The van der Waals surface area contributed by atoms with Crippen LogP contribution in [-0.4, -0.2) is 37.1 Å². The third-order valence-corrected chi connectivity index (χ3v) is 4.24. The lowest BCUT2D eigenvalue weighted by Gasteiger charge is -2.11. The first-order valence-electron chi connectivity index (χ1n) is 9.58. The van der Waals surface area contributed by atoms with E-state index in [1.807, 2.05) is 54.6 Å². The van der Waals surface area contributed by atoms with Gasteiger partial charge in [0.25, 0.3) is 5.91 Å². The molecule has 2 aromatic carbocycles. The van der Waals surface area contributed by atoms with Crippen LogP contribution in [0.5, 0.6) is 5.75 Å². The van der Waals surface area contributed by atoms with Crippen LogP contribution in [0.3, 0.4) is 0 Å². The molecule has 0 radical (unpaired) electrons. The molecular weight excluding hydrogens is 382 g/mol. The number of rotatable bonds is 9. The second-order valence-electron chi connectivity index (χ2n) is 6.51. The Kier molecular flexibility index (Phi) is 7.43. The molecule has 1 aromatic heterocycles. The maximum Gasteiger partial charge on any atom is 0.255 e. The van der Waals surface area contributed by atoms with E-state index in [-0.39, 0.29) is 6.61 Å². The lowest BCUT2D eigenvalue weighted by molar-refractivity contribution is -0.119. The molecular formula is C22H25N5O3. The summed E-state index contributed by atoms with van der Waals surface area (Å²) in [6.07, 6.45) is 2.45. The predicted molar refractivity (Wildman–Crippen MR) is 115 cm³/mol. The van der Waals surface area contributed by atoms with Gasteiger partial charge < -0.3 is 25.5 Å². The summed E-state index contributed by atoms with van der Waals surface area (Å²) in [5.41, 5.74) is 7.94. The smallest absolute Gasteiger partial charge is 0.255 e. The fourth-order valence-corrected chi connectivity index (χ4v) is 2.73. The van der Waals surface area contributed by atoms with Gasteiger partial charge in [-0.2, -0.15) is 0 Å². The summed E-state index contributed by atoms with van der Waals surface area (Å²) in [7, 11) is 1.72. The highest BCUT2D eigenvalue weighted by molar-refractivity contribution is 5.79. The fraction of sp³-hybridized carbons (Fsp3) is 0.227. The first kappa shape index (κ1) is 20.9. The van der Waals surface area contributed by atoms with Gasteiger partial charge in [-0.1, -0.05) is 30.3 Å². The number of nitrogens with one attached hydrogen (secondary N) is 2. The Morgan fingerprint density at radius 1 is 1.13 bits per heavy atom. The van der Waals surface area contributed by atoms with E-state index in [2.05, 4.69) is 20.6 Å². The number of amides is 1. The van der Waals surface area contributed by atoms with E-state index < -0.39 is 5.91 Å². The highest BCUT2D eigenvalue weighted by Crippen LogP contribution is 2.17. The largest absolute Gasteiger partial charge is 0.484 e. The van der Waals surface area contributed by atoms with Crippen molar-refractivity contribution >= 4 is 11.9 Å². The molecule has 8 heteroatoms. The number of primary amides is 1.